The van der Waals surface area contributed by atoms with Crippen molar-refractivity contribution >= 4 is 5.97 Å². The van der Waals surface area contributed by atoms with Crippen molar-refractivity contribution < 1.29 is 14.6 Å². The first kappa shape index (κ1) is 14.4. The lowest BCUT2D eigenvalue weighted by atomic mass is 9.90. The Labute approximate surface area is 125 Å². The van der Waals surface area contributed by atoms with Gasteiger partial charge in [0.05, 0.1) is 12.5 Å². The third-order valence-electron chi connectivity index (χ3n) is 4.90. The molecule has 1 aliphatic heterocycles. The van der Waals surface area contributed by atoms with Crippen LogP contribution in [0.4, 0.5) is 0 Å². The molecule has 1 heterocycles. The van der Waals surface area contributed by atoms with Crippen LogP contribution in [0.3, 0.4) is 0 Å². The molecule has 1 aliphatic carbocycles. The van der Waals surface area contributed by atoms with Gasteiger partial charge < -0.3 is 15.2 Å². The van der Waals surface area contributed by atoms with Gasteiger partial charge in [0.2, 0.25) is 0 Å². The van der Waals surface area contributed by atoms with Crippen LogP contribution in [0.2, 0.25) is 0 Å². The third-order valence-corrected chi connectivity index (χ3v) is 4.90. The van der Waals surface area contributed by atoms with Crippen molar-refractivity contribution in [2.24, 2.45) is 17.8 Å². The number of ether oxygens (including phenoxy) is 1. The lowest BCUT2D eigenvalue weighted by Crippen LogP contribution is -2.38. The van der Waals surface area contributed by atoms with Gasteiger partial charge in [0.25, 0.3) is 0 Å². The SMILES string of the molecule is CC1COc2ccccc2C1NCC1CCCC1C(=O)O. The first-order valence-corrected chi connectivity index (χ1v) is 7.84. The molecular weight excluding hydrogens is 266 g/mol. The molecule has 0 spiro atoms. The summed E-state index contributed by atoms with van der Waals surface area (Å²) in [5, 5.41) is 12.9. The van der Waals surface area contributed by atoms with Gasteiger partial charge in [0.1, 0.15) is 5.75 Å². The third kappa shape index (κ3) is 2.91. The Hall–Kier alpha value is -1.55. The van der Waals surface area contributed by atoms with Crippen LogP contribution in [-0.4, -0.2) is 24.2 Å². The van der Waals surface area contributed by atoms with Crippen LogP contribution in [0, 0.1) is 17.8 Å². The lowest BCUT2D eigenvalue weighted by Gasteiger charge is -2.33. The Morgan fingerprint density at radius 1 is 1.38 bits per heavy atom. The average Bonchev–Trinajstić information content (AvgIpc) is 2.95. The van der Waals surface area contributed by atoms with Gasteiger partial charge >= 0.3 is 5.97 Å². The van der Waals surface area contributed by atoms with Gasteiger partial charge in [0, 0.05) is 17.5 Å². The molecule has 2 N–H and O–H groups in total. The Balaban J connectivity index is 1.69. The van der Waals surface area contributed by atoms with Gasteiger partial charge in [-0.1, -0.05) is 31.5 Å². The van der Waals surface area contributed by atoms with Crippen LogP contribution < -0.4 is 10.1 Å². The molecule has 2 aliphatic rings. The number of rotatable bonds is 4. The van der Waals surface area contributed by atoms with Crippen molar-refractivity contribution in [3.05, 3.63) is 29.8 Å². The summed E-state index contributed by atoms with van der Waals surface area (Å²) in [5.74, 6) is 0.784. The van der Waals surface area contributed by atoms with Gasteiger partial charge in [-0.25, -0.2) is 0 Å². The van der Waals surface area contributed by atoms with E-state index in [1.54, 1.807) is 0 Å². The fourth-order valence-corrected chi connectivity index (χ4v) is 3.69. The lowest BCUT2D eigenvalue weighted by molar-refractivity contribution is -0.142. The monoisotopic (exact) mass is 289 g/mol. The number of fused-ring (bicyclic) bond motifs is 1. The number of carboxylic acids is 1. The number of aliphatic carboxylic acids is 1. The number of para-hydroxylation sites is 1. The highest BCUT2D eigenvalue weighted by molar-refractivity contribution is 5.70. The Kier molecular flexibility index (Phi) is 4.15. The Morgan fingerprint density at radius 2 is 2.19 bits per heavy atom. The Bertz CT molecular complexity index is 517. The number of nitrogens with one attached hydrogen (secondary N) is 1. The summed E-state index contributed by atoms with van der Waals surface area (Å²) in [6.07, 6.45) is 2.87. The summed E-state index contributed by atoms with van der Waals surface area (Å²) < 4.78 is 5.76. The molecule has 4 nitrogen and oxygen atoms in total. The highest BCUT2D eigenvalue weighted by atomic mass is 16.5. The molecule has 114 valence electrons. The van der Waals surface area contributed by atoms with E-state index >= 15 is 0 Å². The summed E-state index contributed by atoms with van der Waals surface area (Å²) in [7, 11) is 0. The topological polar surface area (TPSA) is 58.6 Å². The van der Waals surface area contributed by atoms with Crippen molar-refractivity contribution in [3.63, 3.8) is 0 Å². The molecule has 0 radical (unpaired) electrons. The largest absolute Gasteiger partial charge is 0.493 e. The second-order valence-corrected chi connectivity index (χ2v) is 6.35. The fourth-order valence-electron chi connectivity index (χ4n) is 3.69. The molecular formula is C17H23NO3. The van der Waals surface area contributed by atoms with Gasteiger partial charge in [-0.15, -0.1) is 0 Å². The quantitative estimate of drug-likeness (QED) is 0.895. The van der Waals surface area contributed by atoms with E-state index in [2.05, 4.69) is 18.3 Å². The summed E-state index contributed by atoms with van der Waals surface area (Å²) in [6.45, 7) is 3.67. The van der Waals surface area contributed by atoms with Crippen LogP contribution >= 0.6 is 0 Å². The molecule has 4 atom stereocenters. The molecule has 1 fully saturated rings. The molecule has 1 aromatic carbocycles. The highest BCUT2D eigenvalue weighted by Gasteiger charge is 2.34. The second kappa shape index (κ2) is 6.06. The van der Waals surface area contributed by atoms with Crippen LogP contribution in [0.1, 0.15) is 37.8 Å². The zero-order chi connectivity index (χ0) is 14.8. The summed E-state index contributed by atoms with van der Waals surface area (Å²) >= 11 is 0. The minimum Gasteiger partial charge on any atom is -0.493 e. The van der Waals surface area contributed by atoms with Crippen molar-refractivity contribution in [1.82, 2.24) is 5.32 Å². The first-order valence-electron chi connectivity index (χ1n) is 7.84. The van der Waals surface area contributed by atoms with E-state index in [1.807, 2.05) is 18.2 Å². The number of benzene rings is 1. The van der Waals surface area contributed by atoms with E-state index in [-0.39, 0.29) is 17.9 Å². The molecule has 4 unspecified atom stereocenters. The normalized spacial score (nSPS) is 31.5. The summed E-state index contributed by atoms with van der Waals surface area (Å²) in [6, 6.07) is 8.38. The number of hydrogen-bond donors (Lipinski definition) is 2. The number of carboxylic acid groups (broad SMARTS) is 1. The minimum absolute atomic E-state index is 0.178. The van der Waals surface area contributed by atoms with E-state index in [1.165, 1.54) is 5.56 Å². The maximum absolute atomic E-state index is 11.3. The summed E-state index contributed by atoms with van der Waals surface area (Å²) in [5.41, 5.74) is 1.20. The smallest absolute Gasteiger partial charge is 0.306 e. The van der Waals surface area contributed by atoms with Gasteiger partial charge in [-0.2, -0.15) is 0 Å². The number of carbonyl (C=O) groups is 1. The Morgan fingerprint density at radius 3 is 3.00 bits per heavy atom. The van der Waals surface area contributed by atoms with Crippen molar-refractivity contribution in [3.8, 4) is 5.75 Å². The molecule has 4 heteroatoms. The highest BCUT2D eigenvalue weighted by Crippen LogP contribution is 2.36. The maximum Gasteiger partial charge on any atom is 0.306 e. The van der Waals surface area contributed by atoms with E-state index < -0.39 is 5.97 Å². The van der Waals surface area contributed by atoms with E-state index in [4.69, 9.17) is 4.74 Å². The first-order chi connectivity index (χ1) is 10.2. The number of hydrogen-bond acceptors (Lipinski definition) is 3. The van der Waals surface area contributed by atoms with Crippen molar-refractivity contribution in [2.45, 2.75) is 32.2 Å². The summed E-state index contributed by atoms with van der Waals surface area (Å²) in [4.78, 5) is 11.3. The average molecular weight is 289 g/mol. The second-order valence-electron chi connectivity index (χ2n) is 6.35. The molecule has 3 rings (SSSR count). The van der Waals surface area contributed by atoms with Gasteiger partial charge in [-0.3, -0.25) is 4.79 Å². The van der Waals surface area contributed by atoms with Crippen LogP contribution in [0.25, 0.3) is 0 Å². The molecule has 1 saturated carbocycles. The van der Waals surface area contributed by atoms with Crippen LogP contribution in [0.15, 0.2) is 24.3 Å². The van der Waals surface area contributed by atoms with E-state index in [0.29, 0.717) is 12.5 Å². The van der Waals surface area contributed by atoms with Crippen molar-refractivity contribution in [2.75, 3.05) is 13.2 Å². The molecule has 0 amide bonds. The van der Waals surface area contributed by atoms with Crippen LogP contribution in [-0.2, 0) is 4.79 Å². The molecule has 21 heavy (non-hydrogen) atoms. The molecule has 1 aromatic rings. The predicted molar refractivity (Wildman–Crippen MR) is 80.3 cm³/mol. The zero-order valence-electron chi connectivity index (χ0n) is 12.4. The van der Waals surface area contributed by atoms with E-state index in [0.717, 1.165) is 31.6 Å². The van der Waals surface area contributed by atoms with Crippen LogP contribution in [0.5, 0.6) is 5.75 Å². The van der Waals surface area contributed by atoms with Crippen molar-refractivity contribution in [1.29, 1.82) is 0 Å². The van der Waals surface area contributed by atoms with Gasteiger partial charge in [-0.05, 0) is 31.4 Å². The fraction of sp³-hybridized carbons (Fsp3) is 0.588. The standard InChI is InChI=1S/C17H23NO3/c1-11-10-21-15-8-3-2-6-14(15)16(11)18-9-12-5-4-7-13(12)17(19)20/h2-3,6,8,11-13,16,18H,4-5,7,9-10H2,1H3,(H,19,20). The maximum atomic E-state index is 11.3. The molecule has 0 aromatic heterocycles. The molecule has 0 saturated heterocycles. The van der Waals surface area contributed by atoms with E-state index in [9.17, 15) is 9.90 Å². The molecule has 0 bridgehead atoms. The zero-order valence-corrected chi connectivity index (χ0v) is 12.4. The van der Waals surface area contributed by atoms with Gasteiger partial charge in [0.15, 0.2) is 0 Å². The predicted octanol–water partition coefficient (Wildman–Crippen LogP) is 2.85. The minimum atomic E-state index is -0.639.